The lowest BCUT2D eigenvalue weighted by Crippen LogP contribution is -2.44. The molecule has 6 nitrogen and oxygen atoms in total. The van der Waals surface area contributed by atoms with Crippen LogP contribution in [0.5, 0.6) is 11.5 Å². The number of nitrogens with one attached hydrogen (secondary N) is 2. The second kappa shape index (κ2) is 11.4. The van der Waals surface area contributed by atoms with Gasteiger partial charge in [-0.25, -0.2) is 0 Å². The minimum absolute atomic E-state index is 0.212. The molecule has 29 heavy (non-hydrogen) atoms. The Hall–Kier alpha value is -1.86. The highest BCUT2D eigenvalue weighted by Crippen LogP contribution is 2.28. The van der Waals surface area contributed by atoms with Crippen LogP contribution < -0.4 is 20.1 Å². The SMILES string of the molecule is CC(CNC(=O)COc1ccc(Cl)cc1Cl)NC(=O)COc1ccc(Cl)cc1Cl. The zero-order valence-corrected chi connectivity index (χ0v) is 18.3. The minimum Gasteiger partial charge on any atom is -0.482 e. The summed E-state index contributed by atoms with van der Waals surface area (Å²) >= 11 is 23.6. The number of halogens is 4. The van der Waals surface area contributed by atoms with Crippen LogP contribution in [0.2, 0.25) is 20.1 Å². The molecule has 0 spiro atoms. The van der Waals surface area contributed by atoms with E-state index in [2.05, 4.69) is 10.6 Å². The van der Waals surface area contributed by atoms with Crippen molar-refractivity contribution in [3.63, 3.8) is 0 Å². The molecule has 0 bridgehead atoms. The third-order valence-corrected chi connectivity index (χ3v) is 4.58. The number of ether oxygens (including phenoxy) is 2. The van der Waals surface area contributed by atoms with Gasteiger partial charge in [-0.3, -0.25) is 9.59 Å². The molecule has 0 aliphatic carbocycles. The molecule has 0 radical (unpaired) electrons. The van der Waals surface area contributed by atoms with E-state index in [4.69, 9.17) is 55.9 Å². The zero-order valence-electron chi connectivity index (χ0n) is 15.3. The van der Waals surface area contributed by atoms with Gasteiger partial charge < -0.3 is 20.1 Å². The zero-order chi connectivity index (χ0) is 21.4. The van der Waals surface area contributed by atoms with Gasteiger partial charge >= 0.3 is 0 Å². The van der Waals surface area contributed by atoms with Crippen LogP contribution in [0.4, 0.5) is 0 Å². The third-order valence-electron chi connectivity index (χ3n) is 3.52. The topological polar surface area (TPSA) is 76.7 Å². The number of carbonyl (C=O) groups excluding carboxylic acids is 2. The molecule has 1 atom stereocenters. The molecular formula is C19H18Cl4N2O4. The van der Waals surface area contributed by atoms with Crippen LogP contribution in [0.25, 0.3) is 0 Å². The van der Waals surface area contributed by atoms with Gasteiger partial charge in [-0.2, -0.15) is 0 Å². The molecule has 0 aliphatic heterocycles. The Morgan fingerprint density at radius 2 is 1.34 bits per heavy atom. The first-order chi connectivity index (χ1) is 13.7. The van der Waals surface area contributed by atoms with Crippen molar-refractivity contribution < 1.29 is 19.1 Å². The van der Waals surface area contributed by atoms with Gasteiger partial charge in [-0.05, 0) is 43.3 Å². The van der Waals surface area contributed by atoms with Crippen LogP contribution in [0.15, 0.2) is 36.4 Å². The van der Waals surface area contributed by atoms with Gasteiger partial charge in [0.1, 0.15) is 11.5 Å². The molecule has 156 valence electrons. The number of carbonyl (C=O) groups is 2. The molecular weight excluding hydrogens is 462 g/mol. The van der Waals surface area contributed by atoms with E-state index in [1.807, 2.05) is 0 Å². The summed E-state index contributed by atoms with van der Waals surface area (Å²) in [6.07, 6.45) is 0. The molecule has 10 heteroatoms. The van der Waals surface area contributed by atoms with Crippen LogP contribution in [0, 0.1) is 0 Å². The van der Waals surface area contributed by atoms with Gasteiger partial charge in [0.15, 0.2) is 13.2 Å². The maximum absolute atomic E-state index is 12.0. The Kier molecular flexibility index (Phi) is 9.17. The molecule has 0 aliphatic rings. The van der Waals surface area contributed by atoms with Gasteiger partial charge in [0.2, 0.25) is 0 Å². The Morgan fingerprint density at radius 3 is 1.83 bits per heavy atom. The Bertz CT molecular complexity index is 879. The van der Waals surface area contributed by atoms with Crippen molar-refractivity contribution in [3.05, 3.63) is 56.5 Å². The smallest absolute Gasteiger partial charge is 0.258 e. The molecule has 2 N–H and O–H groups in total. The summed E-state index contributed by atoms with van der Waals surface area (Å²) in [4.78, 5) is 23.8. The van der Waals surface area contributed by atoms with Crippen LogP contribution in [0.3, 0.4) is 0 Å². The molecule has 1 unspecified atom stereocenters. The van der Waals surface area contributed by atoms with Crippen LogP contribution in [0.1, 0.15) is 6.92 Å². The van der Waals surface area contributed by atoms with E-state index < -0.39 is 0 Å². The molecule has 2 amide bonds. The van der Waals surface area contributed by atoms with Crippen molar-refractivity contribution >= 4 is 58.2 Å². The number of rotatable bonds is 9. The number of hydrogen-bond acceptors (Lipinski definition) is 4. The van der Waals surface area contributed by atoms with Gasteiger partial charge in [0, 0.05) is 22.6 Å². The van der Waals surface area contributed by atoms with Crippen molar-refractivity contribution in [1.82, 2.24) is 10.6 Å². The first kappa shape index (κ1) is 23.4. The van der Waals surface area contributed by atoms with Gasteiger partial charge in [-0.15, -0.1) is 0 Å². The lowest BCUT2D eigenvalue weighted by molar-refractivity contribution is -0.125. The summed E-state index contributed by atoms with van der Waals surface area (Å²) in [6, 6.07) is 9.09. The van der Waals surface area contributed by atoms with Gasteiger partial charge in [0.05, 0.1) is 10.0 Å². The van der Waals surface area contributed by atoms with Crippen molar-refractivity contribution in [3.8, 4) is 11.5 Å². The van der Waals surface area contributed by atoms with Crippen molar-refractivity contribution in [1.29, 1.82) is 0 Å². The van der Waals surface area contributed by atoms with Crippen LogP contribution in [-0.2, 0) is 9.59 Å². The van der Waals surface area contributed by atoms with E-state index >= 15 is 0 Å². The predicted octanol–water partition coefficient (Wildman–Crippen LogP) is 4.38. The van der Waals surface area contributed by atoms with E-state index in [0.717, 1.165) is 0 Å². The summed E-state index contributed by atoms with van der Waals surface area (Å²) < 4.78 is 10.7. The highest BCUT2D eigenvalue weighted by atomic mass is 35.5. The summed E-state index contributed by atoms with van der Waals surface area (Å²) in [5, 5.41) is 6.92. The number of amides is 2. The molecule has 0 saturated heterocycles. The molecule has 2 aromatic carbocycles. The first-order valence-corrected chi connectivity index (χ1v) is 9.97. The highest BCUT2D eigenvalue weighted by molar-refractivity contribution is 6.36. The fourth-order valence-corrected chi connectivity index (χ4v) is 3.08. The van der Waals surface area contributed by atoms with Gasteiger partial charge in [0.25, 0.3) is 11.8 Å². The lowest BCUT2D eigenvalue weighted by Gasteiger charge is -2.16. The normalized spacial score (nSPS) is 11.5. The maximum atomic E-state index is 12.0. The van der Waals surface area contributed by atoms with E-state index in [-0.39, 0.29) is 37.6 Å². The molecule has 0 fully saturated rings. The highest BCUT2D eigenvalue weighted by Gasteiger charge is 2.12. The average Bonchev–Trinajstić information content (AvgIpc) is 2.65. The average molecular weight is 480 g/mol. The molecule has 0 heterocycles. The van der Waals surface area contributed by atoms with E-state index in [9.17, 15) is 9.59 Å². The van der Waals surface area contributed by atoms with Crippen molar-refractivity contribution in [2.24, 2.45) is 0 Å². The van der Waals surface area contributed by atoms with E-state index in [1.54, 1.807) is 31.2 Å². The third kappa shape index (κ3) is 8.19. The molecule has 2 aromatic rings. The summed E-state index contributed by atoms with van der Waals surface area (Å²) in [5.74, 6) is -0.0148. The van der Waals surface area contributed by atoms with E-state index in [1.165, 1.54) is 12.1 Å². The van der Waals surface area contributed by atoms with Crippen LogP contribution >= 0.6 is 46.4 Å². The maximum Gasteiger partial charge on any atom is 0.258 e. The van der Waals surface area contributed by atoms with Crippen LogP contribution in [-0.4, -0.2) is 37.6 Å². The summed E-state index contributed by atoms with van der Waals surface area (Å²) in [5.41, 5.74) is 0. The monoisotopic (exact) mass is 478 g/mol. The molecule has 2 rings (SSSR count). The van der Waals surface area contributed by atoms with E-state index in [0.29, 0.717) is 31.6 Å². The Morgan fingerprint density at radius 1 is 0.862 bits per heavy atom. The number of benzene rings is 2. The molecule has 0 aromatic heterocycles. The molecule has 0 saturated carbocycles. The standard InChI is InChI=1S/C19H18Cl4N2O4/c1-11(25-19(27)10-29-17-5-3-13(21)7-15(17)23)8-24-18(26)9-28-16-4-2-12(20)6-14(16)22/h2-7,11H,8-10H2,1H3,(H,24,26)(H,25,27). The van der Waals surface area contributed by atoms with Crippen molar-refractivity contribution in [2.75, 3.05) is 19.8 Å². The second-order valence-electron chi connectivity index (χ2n) is 6.00. The minimum atomic E-state index is -0.360. The number of hydrogen-bond donors (Lipinski definition) is 2. The summed E-state index contributed by atoms with van der Waals surface area (Å²) in [6.45, 7) is 1.51. The Balaban J connectivity index is 1.68. The quantitative estimate of drug-likeness (QED) is 0.559. The fourth-order valence-electron chi connectivity index (χ4n) is 2.16. The first-order valence-electron chi connectivity index (χ1n) is 8.46. The predicted molar refractivity (Wildman–Crippen MR) is 115 cm³/mol. The Labute approximate surface area is 188 Å². The second-order valence-corrected chi connectivity index (χ2v) is 7.69. The van der Waals surface area contributed by atoms with Gasteiger partial charge in [-0.1, -0.05) is 46.4 Å². The largest absolute Gasteiger partial charge is 0.482 e. The lowest BCUT2D eigenvalue weighted by atomic mass is 10.3. The van der Waals surface area contributed by atoms with Crippen molar-refractivity contribution in [2.45, 2.75) is 13.0 Å². The fraction of sp³-hybridized carbons (Fsp3) is 0.263. The summed E-state index contributed by atoms with van der Waals surface area (Å²) in [7, 11) is 0.